The van der Waals surface area contributed by atoms with Crippen molar-refractivity contribution in [3.05, 3.63) is 46.5 Å². The van der Waals surface area contributed by atoms with Crippen molar-refractivity contribution in [1.29, 1.82) is 0 Å². The van der Waals surface area contributed by atoms with E-state index in [0.717, 1.165) is 68.7 Å². The van der Waals surface area contributed by atoms with Crippen molar-refractivity contribution in [3.8, 4) is 46.7 Å². The number of alkyl halides is 2. The molecule has 2 fully saturated rings. The zero-order chi connectivity index (χ0) is 41.5. The van der Waals surface area contributed by atoms with E-state index in [-0.39, 0.29) is 44.7 Å². The number of methoxy groups -OCH3 is 4. The Morgan fingerprint density at radius 2 is 1.15 bits per heavy atom. The standard InChI is InChI=1S/C24H32FNO4.C22H30FNO3.2CH4/c1-16(2)11-19-15-26-10-7-18-12-22(28-4)23(29-5)13-20(18)21(26)14-24(19,8-6-9-25)30-17(3)27;1-15(2)10-17-14-24-9-6-16-11-20(26-3)21(27-4)12-18(16)19(24)13-22(17,25)7-5-8-23;;/h12-13,16,19,21H,7,9-11,14-15H2,1-5H3;11-12,15,17,19,25H,6,8-10,13-14H2,1-4H3;2*1H4/t19-,21-,24-;17-,19-,22-;;/m11../s1/i25+0;23+0;;. The van der Waals surface area contributed by atoms with E-state index < -0.39 is 24.6 Å². The lowest BCUT2D eigenvalue weighted by Crippen LogP contribution is -2.56. The number of benzene rings is 2. The monoisotopic (exact) mass is 825 g/mol. The van der Waals surface area contributed by atoms with Crippen LogP contribution in [0.15, 0.2) is 24.3 Å². The molecule has 59 heavy (non-hydrogen) atoms. The number of hydrogen-bond donors (Lipinski definition) is 1. The average molecular weight is 825 g/mol. The summed E-state index contributed by atoms with van der Waals surface area (Å²) in [7, 11) is 6.53. The second-order valence-electron chi connectivity index (χ2n) is 16.7. The number of carbonyl (C=O) groups is 1. The number of aliphatic hydroxyl groups is 1. The summed E-state index contributed by atoms with van der Waals surface area (Å²) in [6.07, 6.45) is 4.58. The highest BCUT2D eigenvalue weighted by Crippen LogP contribution is 2.49. The fraction of sp³-hybridized carbons (Fsp3) is 0.646. The topological polar surface area (TPSA) is 89.9 Å². The predicted octanol–water partition coefficient (Wildman–Crippen LogP) is 8.59. The van der Waals surface area contributed by atoms with Crippen molar-refractivity contribution in [1.82, 2.24) is 9.80 Å². The van der Waals surface area contributed by atoms with Crippen LogP contribution in [-0.2, 0) is 22.4 Å². The van der Waals surface area contributed by atoms with Gasteiger partial charge >= 0.3 is 5.97 Å². The van der Waals surface area contributed by atoms with Gasteiger partial charge in [0, 0.05) is 69.9 Å². The molecule has 2 aromatic rings. The van der Waals surface area contributed by atoms with Gasteiger partial charge in [0.1, 0.15) is 19.0 Å². The third-order valence-electron chi connectivity index (χ3n) is 12.0. The van der Waals surface area contributed by atoms with Crippen LogP contribution >= 0.6 is 0 Å². The quantitative estimate of drug-likeness (QED) is 0.197. The van der Waals surface area contributed by atoms with Crippen LogP contribution in [0.25, 0.3) is 0 Å². The summed E-state index contributed by atoms with van der Waals surface area (Å²) in [6.45, 7) is 11.9. The predicted molar refractivity (Wildman–Crippen MR) is 231 cm³/mol. The van der Waals surface area contributed by atoms with Gasteiger partial charge < -0.3 is 28.8 Å². The molecule has 0 aromatic heterocycles. The van der Waals surface area contributed by atoms with E-state index in [9.17, 15) is 18.7 Å². The van der Waals surface area contributed by atoms with Crippen LogP contribution in [0, 0.1) is 47.4 Å². The minimum atomic E-state index is -1.17. The SMILES string of the molecule is C.C.COc1cc2c(cc1OC)[C@H]1C[C@@](C#CC[19F])(OC(C)=O)[C@H](CC(C)C)CN1CC2.COc1cc2c(cc1OC)[C@H]1C[C@](O)(C#CC[19F])[C@H](CC(C)C)CN1CC2. The van der Waals surface area contributed by atoms with Crippen molar-refractivity contribution in [2.24, 2.45) is 23.7 Å². The highest BCUT2D eigenvalue weighted by Gasteiger charge is 2.51. The highest BCUT2D eigenvalue weighted by molar-refractivity contribution is 5.67. The number of nitrogens with zero attached hydrogens (tertiary/aromatic N) is 2. The summed E-state index contributed by atoms with van der Waals surface area (Å²) >= 11 is 0. The zero-order valence-corrected chi connectivity index (χ0v) is 35.3. The van der Waals surface area contributed by atoms with Gasteiger partial charge in [-0.3, -0.25) is 14.6 Å². The summed E-state index contributed by atoms with van der Waals surface area (Å²) in [5, 5.41) is 11.4. The lowest BCUT2D eigenvalue weighted by molar-refractivity contribution is -0.165. The van der Waals surface area contributed by atoms with E-state index in [1.807, 2.05) is 24.3 Å². The number of rotatable bonds is 9. The van der Waals surface area contributed by atoms with E-state index >= 15 is 0 Å². The molecule has 0 unspecified atom stereocenters. The fourth-order valence-electron chi connectivity index (χ4n) is 9.61. The van der Waals surface area contributed by atoms with Crippen molar-refractivity contribution >= 4 is 5.97 Å². The number of hydrogen-bond acceptors (Lipinski definition) is 9. The Labute approximate surface area is 353 Å². The van der Waals surface area contributed by atoms with Crippen LogP contribution in [-0.4, -0.2) is 100 Å². The van der Waals surface area contributed by atoms with Gasteiger partial charge in [0.25, 0.3) is 0 Å². The largest absolute Gasteiger partial charge is 0.493 e. The third kappa shape index (κ3) is 11.0. The Balaban J connectivity index is 0.000000306. The molecule has 0 bridgehead atoms. The van der Waals surface area contributed by atoms with E-state index in [0.29, 0.717) is 41.9 Å². The van der Waals surface area contributed by atoms with Crippen molar-refractivity contribution < 1.29 is 42.4 Å². The van der Waals surface area contributed by atoms with Gasteiger partial charge in [-0.05, 0) is 84.0 Å². The Hall–Kier alpha value is -4.03. The Bertz CT molecular complexity index is 1850. The van der Waals surface area contributed by atoms with Crippen LogP contribution < -0.4 is 18.9 Å². The first-order valence-corrected chi connectivity index (χ1v) is 20.3. The maximum atomic E-state index is 13.0. The average Bonchev–Trinajstić information content (AvgIpc) is 3.18. The van der Waals surface area contributed by atoms with Gasteiger partial charge in [-0.2, -0.15) is 0 Å². The number of esters is 1. The van der Waals surface area contributed by atoms with Gasteiger partial charge in [-0.25, -0.2) is 8.78 Å². The summed E-state index contributed by atoms with van der Waals surface area (Å²) in [5.41, 5.74) is 2.55. The summed E-state index contributed by atoms with van der Waals surface area (Å²) < 4.78 is 53.6. The minimum absolute atomic E-state index is 0. The molecule has 0 radical (unpaired) electrons. The van der Waals surface area contributed by atoms with Crippen molar-refractivity contribution in [2.75, 3.05) is 68.0 Å². The molecule has 2 saturated heterocycles. The molecular formula is C48H70F2N2O7. The summed E-state index contributed by atoms with van der Waals surface area (Å²) in [6, 6.07) is 8.19. The number of halogens is 2. The minimum Gasteiger partial charge on any atom is -0.493 e. The van der Waals surface area contributed by atoms with Crippen LogP contribution in [0.5, 0.6) is 23.0 Å². The second-order valence-corrected chi connectivity index (χ2v) is 16.7. The lowest BCUT2D eigenvalue weighted by atomic mass is 9.71. The first kappa shape index (κ1) is 49.3. The lowest BCUT2D eigenvalue weighted by Gasteiger charge is -2.51. The molecule has 6 atom stereocenters. The maximum Gasteiger partial charge on any atom is 0.304 e. The van der Waals surface area contributed by atoms with E-state index in [1.165, 1.54) is 18.1 Å². The number of ether oxygens (including phenoxy) is 5. The number of carbonyl (C=O) groups excluding carboxylic acids is 1. The highest BCUT2D eigenvalue weighted by atomic mass is 19.1. The molecule has 0 spiro atoms. The number of piperidine rings is 2. The van der Waals surface area contributed by atoms with E-state index in [4.69, 9.17) is 23.7 Å². The fourth-order valence-corrected chi connectivity index (χ4v) is 9.61. The molecule has 2 aromatic carbocycles. The normalized spacial score (nSPS) is 25.5. The summed E-state index contributed by atoms with van der Waals surface area (Å²) in [5.74, 6) is 14.3. The molecule has 0 saturated carbocycles. The van der Waals surface area contributed by atoms with Gasteiger partial charge in [0.2, 0.25) is 0 Å². The van der Waals surface area contributed by atoms with Crippen molar-refractivity contribution in [3.63, 3.8) is 0 Å². The molecule has 4 aliphatic rings. The first-order chi connectivity index (χ1) is 27.2. The van der Waals surface area contributed by atoms with Gasteiger partial charge in [0.05, 0.1) is 28.4 Å². The molecule has 4 aliphatic heterocycles. The molecular weight excluding hydrogens is 755 g/mol. The van der Waals surface area contributed by atoms with Crippen LogP contribution in [0.1, 0.15) is 109 Å². The molecule has 4 heterocycles. The van der Waals surface area contributed by atoms with Gasteiger partial charge in [-0.1, -0.05) is 66.2 Å². The molecule has 11 heteroatoms. The van der Waals surface area contributed by atoms with Crippen LogP contribution in [0.4, 0.5) is 8.78 Å². The van der Waals surface area contributed by atoms with Gasteiger partial charge in [0.15, 0.2) is 28.6 Å². The first-order valence-electron chi connectivity index (χ1n) is 20.3. The third-order valence-corrected chi connectivity index (χ3v) is 12.0. The molecule has 9 nitrogen and oxygen atoms in total. The Morgan fingerprint density at radius 3 is 1.59 bits per heavy atom. The Kier molecular flexibility index (Phi) is 18.0. The van der Waals surface area contributed by atoms with Crippen LogP contribution in [0.2, 0.25) is 0 Å². The Morgan fingerprint density at radius 1 is 0.729 bits per heavy atom. The van der Waals surface area contributed by atoms with Crippen LogP contribution in [0.3, 0.4) is 0 Å². The van der Waals surface area contributed by atoms with Crippen molar-refractivity contribution in [2.45, 2.75) is 111 Å². The number of fused-ring (bicyclic) bond motifs is 6. The van der Waals surface area contributed by atoms with E-state index in [2.05, 4.69) is 61.2 Å². The maximum absolute atomic E-state index is 13.0. The summed E-state index contributed by atoms with van der Waals surface area (Å²) in [4.78, 5) is 16.9. The van der Waals surface area contributed by atoms with Gasteiger partial charge in [-0.15, -0.1) is 0 Å². The molecule has 0 aliphatic carbocycles. The zero-order valence-electron chi connectivity index (χ0n) is 35.3. The van der Waals surface area contributed by atoms with E-state index in [1.54, 1.807) is 28.4 Å². The molecule has 328 valence electrons. The smallest absolute Gasteiger partial charge is 0.304 e. The molecule has 1 N–H and O–H groups in total. The molecule has 0 amide bonds. The molecule has 6 rings (SSSR count). The second kappa shape index (κ2) is 21.5.